The van der Waals surface area contributed by atoms with Crippen LogP contribution in [-0.2, 0) is 16.6 Å². The fourth-order valence-corrected chi connectivity index (χ4v) is 4.38. The van der Waals surface area contributed by atoms with Gasteiger partial charge in [0.15, 0.2) is 5.69 Å². The largest absolute Gasteiger partial charge is 0.501 e. The van der Waals surface area contributed by atoms with Crippen molar-refractivity contribution < 1.29 is 18.3 Å². The molecule has 2 aromatic carbocycles. The first-order valence-corrected chi connectivity index (χ1v) is 11.6. The molecule has 3 rings (SSSR count). The average Bonchev–Trinajstić information content (AvgIpc) is 2.77. The van der Waals surface area contributed by atoms with E-state index in [4.69, 9.17) is 11.6 Å². The van der Waals surface area contributed by atoms with Crippen molar-refractivity contribution in [3.8, 4) is 17.1 Å². The molecule has 0 aliphatic rings. The maximum Gasteiger partial charge on any atom is 0.294 e. The van der Waals surface area contributed by atoms with Crippen molar-refractivity contribution in [3.63, 3.8) is 0 Å². The molecule has 0 saturated heterocycles. The highest BCUT2D eigenvalue weighted by molar-refractivity contribution is 7.89. The van der Waals surface area contributed by atoms with Crippen LogP contribution in [0.1, 0.15) is 21.6 Å². The summed E-state index contributed by atoms with van der Waals surface area (Å²) in [6, 6.07) is 11.3. The van der Waals surface area contributed by atoms with Gasteiger partial charge in [0.2, 0.25) is 15.8 Å². The minimum atomic E-state index is -3.88. The number of rotatable bonds is 6. The monoisotopic (exact) mass is 490 g/mol. The molecular formula is C22H23ClN4O5S. The second kappa shape index (κ2) is 9.34. The van der Waals surface area contributed by atoms with E-state index in [1.807, 2.05) is 19.1 Å². The quantitative estimate of drug-likeness (QED) is 0.547. The van der Waals surface area contributed by atoms with Gasteiger partial charge in [0, 0.05) is 38.3 Å². The number of aromatic hydroxyl groups is 1. The number of nitrogens with one attached hydrogen (secondary N) is 1. The molecule has 0 saturated carbocycles. The summed E-state index contributed by atoms with van der Waals surface area (Å²) < 4.78 is 26.5. The lowest BCUT2D eigenvalue weighted by atomic mass is 10.1. The number of sulfonamides is 1. The predicted octanol–water partition coefficient (Wildman–Crippen LogP) is 2.63. The number of H-pyrrole nitrogens is 1. The molecule has 1 amide bonds. The Hall–Kier alpha value is -3.21. The summed E-state index contributed by atoms with van der Waals surface area (Å²) >= 11 is 6.15. The van der Waals surface area contributed by atoms with Crippen LogP contribution in [0.25, 0.3) is 11.4 Å². The minimum Gasteiger partial charge on any atom is -0.501 e. The Balaban J connectivity index is 2.05. The van der Waals surface area contributed by atoms with Crippen molar-refractivity contribution >= 4 is 27.5 Å². The Morgan fingerprint density at radius 3 is 2.45 bits per heavy atom. The zero-order valence-corrected chi connectivity index (χ0v) is 20.0. The van der Waals surface area contributed by atoms with E-state index in [9.17, 15) is 23.1 Å². The highest BCUT2D eigenvalue weighted by Gasteiger charge is 2.26. The van der Waals surface area contributed by atoms with Crippen LogP contribution in [0.4, 0.5) is 0 Å². The van der Waals surface area contributed by atoms with Gasteiger partial charge in [-0.05, 0) is 36.2 Å². The molecule has 2 N–H and O–H groups in total. The maximum atomic E-state index is 13.0. The molecular weight excluding hydrogens is 468 g/mol. The van der Waals surface area contributed by atoms with Crippen LogP contribution < -0.4 is 5.56 Å². The normalized spacial score (nSPS) is 11.6. The predicted molar refractivity (Wildman–Crippen MR) is 125 cm³/mol. The molecule has 3 aromatic rings. The van der Waals surface area contributed by atoms with Crippen LogP contribution in [0.2, 0.25) is 5.02 Å². The average molecular weight is 491 g/mol. The van der Waals surface area contributed by atoms with Gasteiger partial charge in [-0.25, -0.2) is 17.7 Å². The minimum absolute atomic E-state index is 0.0883. The third kappa shape index (κ3) is 4.92. The number of aromatic amines is 1. The summed E-state index contributed by atoms with van der Waals surface area (Å²) in [5.74, 6) is -1.73. The van der Waals surface area contributed by atoms with Gasteiger partial charge in [0.05, 0.1) is 4.90 Å². The van der Waals surface area contributed by atoms with Crippen LogP contribution >= 0.6 is 11.6 Å². The maximum absolute atomic E-state index is 13.0. The molecule has 0 bridgehead atoms. The van der Waals surface area contributed by atoms with Crippen LogP contribution in [0.5, 0.6) is 5.75 Å². The summed E-state index contributed by atoms with van der Waals surface area (Å²) in [5.41, 5.74) is 0.261. The Morgan fingerprint density at radius 2 is 1.82 bits per heavy atom. The molecule has 0 atom stereocenters. The lowest BCUT2D eigenvalue weighted by Crippen LogP contribution is -2.29. The first-order valence-electron chi connectivity index (χ1n) is 9.79. The number of benzene rings is 2. The van der Waals surface area contributed by atoms with Crippen molar-refractivity contribution in [2.24, 2.45) is 0 Å². The van der Waals surface area contributed by atoms with E-state index in [0.29, 0.717) is 5.02 Å². The van der Waals surface area contributed by atoms with Crippen molar-refractivity contribution in [2.75, 3.05) is 21.1 Å². The van der Waals surface area contributed by atoms with Gasteiger partial charge < -0.3 is 15.0 Å². The number of carbonyl (C=O) groups excluding carboxylic acids is 1. The third-order valence-corrected chi connectivity index (χ3v) is 7.28. The van der Waals surface area contributed by atoms with Crippen molar-refractivity contribution in [1.29, 1.82) is 0 Å². The molecule has 0 spiro atoms. The fraction of sp³-hybridized carbons (Fsp3) is 0.227. The molecule has 0 unspecified atom stereocenters. The number of aromatic nitrogens is 2. The summed E-state index contributed by atoms with van der Waals surface area (Å²) in [6.07, 6.45) is 0. The van der Waals surface area contributed by atoms with E-state index in [2.05, 4.69) is 9.97 Å². The number of hydrogen-bond acceptors (Lipinski definition) is 6. The molecule has 0 aliphatic carbocycles. The molecule has 0 aliphatic heterocycles. The zero-order chi connectivity index (χ0) is 24.5. The molecule has 33 heavy (non-hydrogen) atoms. The number of carbonyl (C=O) groups is 1. The molecule has 174 valence electrons. The van der Waals surface area contributed by atoms with Crippen LogP contribution in [-0.4, -0.2) is 59.7 Å². The zero-order valence-electron chi connectivity index (χ0n) is 18.5. The van der Waals surface area contributed by atoms with Crippen LogP contribution in [0, 0.1) is 6.92 Å². The Kier molecular flexibility index (Phi) is 6.92. The Bertz CT molecular complexity index is 1390. The van der Waals surface area contributed by atoms with E-state index < -0.39 is 32.9 Å². The van der Waals surface area contributed by atoms with Crippen LogP contribution in [0.3, 0.4) is 0 Å². The molecule has 0 radical (unpaired) electrons. The second-order valence-corrected chi connectivity index (χ2v) is 10.2. The SMILES string of the molecule is Cc1ccc(CN(C)C(=O)c2nc(-c3ccccc3S(=O)(=O)N(C)C)[nH]c(=O)c2O)cc1Cl. The summed E-state index contributed by atoms with van der Waals surface area (Å²) in [6.45, 7) is 2.00. The molecule has 9 nitrogen and oxygen atoms in total. The smallest absolute Gasteiger partial charge is 0.294 e. The number of nitrogens with zero attached hydrogens (tertiary/aromatic N) is 3. The molecule has 1 aromatic heterocycles. The van der Waals surface area contributed by atoms with Crippen molar-refractivity contribution in [2.45, 2.75) is 18.4 Å². The van der Waals surface area contributed by atoms with E-state index in [1.54, 1.807) is 12.1 Å². The van der Waals surface area contributed by atoms with Gasteiger partial charge in [-0.15, -0.1) is 0 Å². The third-order valence-electron chi connectivity index (χ3n) is 5.00. The second-order valence-electron chi connectivity index (χ2n) is 7.64. The van der Waals surface area contributed by atoms with Crippen LogP contribution in [0.15, 0.2) is 52.2 Å². The van der Waals surface area contributed by atoms with E-state index >= 15 is 0 Å². The highest BCUT2D eigenvalue weighted by atomic mass is 35.5. The number of amides is 1. The Morgan fingerprint density at radius 1 is 1.15 bits per heavy atom. The van der Waals surface area contributed by atoms with Gasteiger partial charge in [-0.2, -0.15) is 0 Å². The van der Waals surface area contributed by atoms with Crippen molar-refractivity contribution in [1.82, 2.24) is 19.2 Å². The van der Waals surface area contributed by atoms with Gasteiger partial charge in [0.1, 0.15) is 5.82 Å². The summed E-state index contributed by atoms with van der Waals surface area (Å²) in [5, 5.41) is 10.8. The molecule has 1 heterocycles. The Labute approximate surface area is 196 Å². The summed E-state index contributed by atoms with van der Waals surface area (Å²) in [7, 11) is 0.364. The topological polar surface area (TPSA) is 124 Å². The van der Waals surface area contributed by atoms with Gasteiger partial charge in [0.25, 0.3) is 11.5 Å². The van der Waals surface area contributed by atoms with E-state index in [0.717, 1.165) is 15.4 Å². The first-order chi connectivity index (χ1) is 15.4. The van der Waals surface area contributed by atoms with Gasteiger partial charge in [-0.3, -0.25) is 9.59 Å². The molecule has 0 fully saturated rings. The fourth-order valence-electron chi connectivity index (χ4n) is 3.09. The lowest BCUT2D eigenvalue weighted by Gasteiger charge is -2.19. The number of aryl methyl sites for hydroxylation is 1. The number of halogens is 1. The molecule has 11 heteroatoms. The van der Waals surface area contributed by atoms with Gasteiger partial charge >= 0.3 is 0 Å². The van der Waals surface area contributed by atoms with E-state index in [1.165, 1.54) is 44.2 Å². The standard InChI is InChI=1S/C22H23ClN4O5S/c1-13-9-10-14(11-16(13)23)12-27(4)22(30)18-19(28)21(29)25-20(24-18)15-7-5-6-8-17(15)33(31,32)26(2)3/h5-11,28H,12H2,1-4H3,(H,24,25,29). The van der Waals surface area contributed by atoms with E-state index in [-0.39, 0.29) is 22.8 Å². The number of hydrogen-bond donors (Lipinski definition) is 2. The lowest BCUT2D eigenvalue weighted by molar-refractivity contribution is 0.0775. The highest BCUT2D eigenvalue weighted by Crippen LogP contribution is 2.27. The van der Waals surface area contributed by atoms with Crippen molar-refractivity contribution in [3.05, 3.63) is 74.7 Å². The van der Waals surface area contributed by atoms with Gasteiger partial charge in [-0.1, -0.05) is 35.9 Å². The first kappa shape index (κ1) is 24.4. The summed E-state index contributed by atoms with van der Waals surface area (Å²) in [4.78, 5) is 33.1.